The number of hydrogen-bond donors (Lipinski definition) is 5. The first-order valence-electron chi connectivity index (χ1n) is 7.41. The van der Waals surface area contributed by atoms with Crippen LogP contribution in [0, 0.1) is 0 Å². The van der Waals surface area contributed by atoms with E-state index < -0.39 is 11.6 Å². The monoisotopic (exact) mass is 390 g/mol. The Morgan fingerprint density at radius 3 is 2.85 bits per heavy atom. The van der Waals surface area contributed by atoms with Gasteiger partial charge in [0, 0.05) is 10.6 Å². The fourth-order valence-corrected chi connectivity index (χ4v) is 3.63. The van der Waals surface area contributed by atoms with E-state index >= 15 is 0 Å². The highest BCUT2D eigenvalue weighted by atomic mass is 35.5. The van der Waals surface area contributed by atoms with Crippen molar-refractivity contribution in [3.05, 3.63) is 45.5 Å². The molecule has 0 radical (unpaired) electrons. The van der Waals surface area contributed by atoms with Gasteiger partial charge in [0.05, 0.1) is 17.8 Å². The van der Waals surface area contributed by atoms with Crippen LogP contribution in [0.4, 0.5) is 5.13 Å². The number of benzene rings is 1. The largest absolute Gasteiger partial charge is 0.493 e. The third-order valence-electron chi connectivity index (χ3n) is 3.62. The van der Waals surface area contributed by atoms with E-state index in [1.54, 1.807) is 6.07 Å². The highest BCUT2D eigenvalue weighted by molar-refractivity contribution is 7.22. The molecular weight excluding hydrogens is 380 g/mol. The molecule has 0 bridgehead atoms. The molecule has 0 aliphatic carbocycles. The second kappa shape index (κ2) is 6.32. The quantitative estimate of drug-likeness (QED) is 0.363. The molecule has 0 fully saturated rings. The fraction of sp³-hybridized carbons (Fsp3) is 0.0667. The van der Waals surface area contributed by atoms with Crippen molar-refractivity contribution in [1.82, 2.24) is 25.1 Å². The van der Waals surface area contributed by atoms with Gasteiger partial charge in [-0.3, -0.25) is 14.9 Å². The number of carbonyl (C=O) groups excluding carboxylic acids is 1. The minimum atomic E-state index is -0.581. The lowest BCUT2D eigenvalue weighted by molar-refractivity contribution is -0.115. The Hall–Kier alpha value is -3.11. The number of aromatic amines is 3. The average molecular weight is 391 g/mol. The topological polar surface area (TPSA) is 140 Å². The minimum absolute atomic E-state index is 0.103. The van der Waals surface area contributed by atoms with Crippen LogP contribution in [0.15, 0.2) is 29.1 Å². The molecular formula is C15H11ClN6O3S. The van der Waals surface area contributed by atoms with Crippen molar-refractivity contribution in [3.8, 4) is 17.1 Å². The molecule has 3 aromatic heterocycles. The third-order valence-corrected chi connectivity index (χ3v) is 4.93. The van der Waals surface area contributed by atoms with Crippen LogP contribution in [0.1, 0.15) is 5.69 Å². The molecule has 1 amide bonds. The van der Waals surface area contributed by atoms with Gasteiger partial charge in [0.1, 0.15) is 4.70 Å². The Balaban J connectivity index is 1.58. The van der Waals surface area contributed by atoms with Crippen LogP contribution in [0.2, 0.25) is 5.02 Å². The van der Waals surface area contributed by atoms with Crippen molar-refractivity contribution in [2.24, 2.45) is 0 Å². The Morgan fingerprint density at radius 1 is 1.31 bits per heavy atom. The second-order valence-corrected chi connectivity index (χ2v) is 6.79. The molecule has 132 valence electrons. The normalized spacial score (nSPS) is 11.1. The summed E-state index contributed by atoms with van der Waals surface area (Å²) in [5.74, 6) is -0.796. The van der Waals surface area contributed by atoms with Gasteiger partial charge in [0.15, 0.2) is 10.8 Å². The second-order valence-electron chi connectivity index (χ2n) is 5.38. The highest BCUT2D eigenvalue weighted by Crippen LogP contribution is 2.36. The van der Waals surface area contributed by atoms with E-state index in [0.29, 0.717) is 15.8 Å². The van der Waals surface area contributed by atoms with Crippen LogP contribution < -0.4 is 11.0 Å². The smallest absolute Gasteiger partial charge is 0.325 e. The molecule has 0 saturated carbocycles. The number of anilines is 1. The Morgan fingerprint density at radius 2 is 2.12 bits per heavy atom. The molecule has 0 atom stereocenters. The number of amides is 1. The molecule has 0 aliphatic heterocycles. The molecule has 0 spiro atoms. The zero-order valence-corrected chi connectivity index (χ0v) is 14.5. The zero-order chi connectivity index (χ0) is 18.3. The maximum Gasteiger partial charge on any atom is 0.325 e. The lowest BCUT2D eigenvalue weighted by Gasteiger charge is -2.01. The van der Waals surface area contributed by atoms with Crippen LogP contribution in [-0.2, 0) is 11.2 Å². The molecule has 0 aliphatic rings. The molecule has 26 heavy (non-hydrogen) atoms. The third kappa shape index (κ3) is 2.95. The number of thiazole rings is 1. The van der Waals surface area contributed by atoms with E-state index in [4.69, 9.17) is 11.6 Å². The fourth-order valence-electron chi connectivity index (χ4n) is 2.47. The number of rotatable bonds is 4. The number of aromatic nitrogens is 5. The van der Waals surface area contributed by atoms with Gasteiger partial charge in [-0.05, 0) is 6.07 Å². The van der Waals surface area contributed by atoms with E-state index in [1.807, 2.05) is 18.2 Å². The summed E-state index contributed by atoms with van der Waals surface area (Å²) in [6, 6.07) is 7.33. The lowest BCUT2D eigenvalue weighted by Crippen LogP contribution is -2.15. The summed E-state index contributed by atoms with van der Waals surface area (Å²) in [6.07, 6.45) is -0.203. The summed E-state index contributed by atoms with van der Waals surface area (Å²) < 4.78 is 0.756. The molecule has 11 heteroatoms. The first kappa shape index (κ1) is 16.4. The van der Waals surface area contributed by atoms with Crippen molar-refractivity contribution in [2.45, 2.75) is 6.42 Å². The van der Waals surface area contributed by atoms with Crippen LogP contribution in [-0.4, -0.2) is 36.2 Å². The van der Waals surface area contributed by atoms with Gasteiger partial charge >= 0.3 is 5.69 Å². The van der Waals surface area contributed by atoms with Gasteiger partial charge in [-0.15, -0.1) is 0 Å². The number of carbonyl (C=O) groups is 1. The van der Waals surface area contributed by atoms with Gasteiger partial charge in [-0.1, -0.05) is 41.1 Å². The predicted octanol–water partition coefficient (Wildman–Crippen LogP) is 2.24. The predicted molar refractivity (Wildman–Crippen MR) is 97.6 cm³/mol. The first-order valence-corrected chi connectivity index (χ1v) is 8.60. The number of imidazole rings is 1. The average Bonchev–Trinajstić information content (AvgIpc) is 3.23. The van der Waals surface area contributed by atoms with E-state index in [-0.39, 0.29) is 18.0 Å². The van der Waals surface area contributed by atoms with Gasteiger partial charge in [-0.2, -0.15) is 10.1 Å². The van der Waals surface area contributed by atoms with Gasteiger partial charge < -0.3 is 15.4 Å². The summed E-state index contributed by atoms with van der Waals surface area (Å²) in [6.45, 7) is 0. The van der Waals surface area contributed by atoms with Crippen LogP contribution in [0.25, 0.3) is 21.6 Å². The van der Waals surface area contributed by atoms with Crippen molar-refractivity contribution in [2.75, 3.05) is 5.32 Å². The lowest BCUT2D eigenvalue weighted by atomic mass is 10.1. The van der Waals surface area contributed by atoms with E-state index in [1.165, 1.54) is 11.3 Å². The molecule has 3 heterocycles. The van der Waals surface area contributed by atoms with Gasteiger partial charge in [0.25, 0.3) is 0 Å². The molecule has 0 saturated heterocycles. The van der Waals surface area contributed by atoms with Crippen molar-refractivity contribution in [3.63, 3.8) is 0 Å². The van der Waals surface area contributed by atoms with Crippen LogP contribution in [0.3, 0.4) is 0 Å². The SMILES string of the molecule is O=C(Cc1[nH]c(=O)[nH]c1O)Nc1nc2n[nH]c(-c3ccccc3Cl)c2s1. The molecule has 9 nitrogen and oxygen atoms in total. The van der Waals surface area contributed by atoms with Crippen LogP contribution >= 0.6 is 22.9 Å². The van der Waals surface area contributed by atoms with Crippen molar-refractivity contribution < 1.29 is 9.90 Å². The number of H-pyrrole nitrogens is 3. The Labute approximate surface area is 154 Å². The van der Waals surface area contributed by atoms with Crippen molar-refractivity contribution >= 4 is 44.3 Å². The summed E-state index contributed by atoms with van der Waals surface area (Å²) in [5, 5.41) is 20.1. The van der Waals surface area contributed by atoms with E-state index in [0.717, 1.165) is 16.0 Å². The number of nitrogens with one attached hydrogen (secondary N) is 4. The molecule has 5 N–H and O–H groups in total. The van der Waals surface area contributed by atoms with E-state index in [2.05, 4.69) is 30.5 Å². The molecule has 4 rings (SSSR count). The number of hydrogen-bond acceptors (Lipinski definition) is 6. The molecule has 1 aromatic carbocycles. The summed E-state index contributed by atoms with van der Waals surface area (Å²) in [7, 11) is 0. The number of aromatic hydroxyl groups is 1. The summed E-state index contributed by atoms with van der Waals surface area (Å²) in [5.41, 5.74) is 1.48. The molecule has 4 aromatic rings. The van der Waals surface area contributed by atoms with E-state index in [9.17, 15) is 14.7 Å². The number of fused-ring (bicyclic) bond motifs is 1. The maximum absolute atomic E-state index is 12.1. The van der Waals surface area contributed by atoms with Crippen molar-refractivity contribution in [1.29, 1.82) is 0 Å². The number of nitrogens with zero attached hydrogens (tertiary/aromatic N) is 2. The van der Waals surface area contributed by atoms with Gasteiger partial charge in [-0.25, -0.2) is 4.79 Å². The zero-order valence-electron chi connectivity index (χ0n) is 13.0. The van der Waals surface area contributed by atoms with Gasteiger partial charge in [0.2, 0.25) is 11.8 Å². The maximum atomic E-state index is 12.1. The van der Waals surface area contributed by atoms with Crippen LogP contribution in [0.5, 0.6) is 5.88 Å². The number of halogens is 1. The minimum Gasteiger partial charge on any atom is -0.493 e. The summed E-state index contributed by atoms with van der Waals surface area (Å²) >= 11 is 7.47. The highest BCUT2D eigenvalue weighted by Gasteiger charge is 2.17. The Bertz CT molecular complexity index is 1170. The summed E-state index contributed by atoms with van der Waals surface area (Å²) in [4.78, 5) is 32.0. The first-order chi connectivity index (χ1) is 12.5. The standard InChI is InChI=1S/C15H11ClN6O3S/c16-7-4-2-1-3-6(7)10-11-12(22-21-10)19-15(26-11)18-9(23)5-8-13(24)20-14(25)17-8/h1-4,24H,5H2,(H2,17,20,25)(H2,18,19,21,22,23). The molecule has 0 unspecified atom stereocenters. The Kier molecular flexibility index (Phi) is 3.98.